The van der Waals surface area contributed by atoms with Crippen LogP contribution in [0, 0.1) is 0 Å². The quantitative estimate of drug-likeness (QED) is 0.740. The van der Waals surface area contributed by atoms with Crippen LogP contribution in [0.2, 0.25) is 0 Å². The first kappa shape index (κ1) is 13.7. The maximum Gasteiger partial charge on any atom is 0.338 e. The van der Waals surface area contributed by atoms with Crippen molar-refractivity contribution in [2.75, 3.05) is 11.9 Å². The molecule has 0 fully saturated rings. The second-order valence-corrected chi connectivity index (χ2v) is 4.37. The van der Waals surface area contributed by atoms with Crippen molar-refractivity contribution >= 4 is 28.8 Å². The molecule has 2 heterocycles. The molecule has 0 aliphatic heterocycles. The van der Waals surface area contributed by atoms with Gasteiger partial charge < -0.3 is 14.5 Å². The summed E-state index contributed by atoms with van der Waals surface area (Å²) in [6, 6.07) is 9.81. The summed E-state index contributed by atoms with van der Waals surface area (Å²) in [7, 11) is 0. The number of hydrogen-bond donors (Lipinski definition) is 1. The van der Waals surface area contributed by atoms with Gasteiger partial charge in [-0.1, -0.05) is 6.07 Å². The van der Waals surface area contributed by atoms with Crippen molar-refractivity contribution in [3.63, 3.8) is 0 Å². The molecule has 110 valence electrons. The number of oxazole rings is 1. The molecule has 0 unspecified atom stereocenters. The molecule has 3 aromatic rings. The highest BCUT2D eigenvalue weighted by atomic mass is 16.5. The normalized spacial score (nSPS) is 10.4. The molecule has 1 aromatic carbocycles. The number of carbonyl (C=O) groups is 2. The molecule has 0 saturated carbocycles. The average molecular weight is 297 g/mol. The van der Waals surface area contributed by atoms with Crippen molar-refractivity contribution in [3.05, 3.63) is 54.6 Å². The van der Waals surface area contributed by atoms with E-state index in [4.69, 9.17) is 9.15 Å². The second kappa shape index (κ2) is 6.04. The summed E-state index contributed by atoms with van der Waals surface area (Å²) in [6.07, 6.45) is 2.84. The molecule has 22 heavy (non-hydrogen) atoms. The topological polar surface area (TPSA) is 94.3 Å². The zero-order valence-electron chi connectivity index (χ0n) is 11.4. The van der Waals surface area contributed by atoms with Gasteiger partial charge in [-0.25, -0.2) is 14.8 Å². The largest absolute Gasteiger partial charge is 0.452 e. The second-order valence-electron chi connectivity index (χ2n) is 4.37. The molecule has 0 aliphatic rings. The first-order valence-electron chi connectivity index (χ1n) is 6.43. The fourth-order valence-corrected chi connectivity index (χ4v) is 1.81. The third-order valence-electron chi connectivity index (χ3n) is 2.83. The number of benzene rings is 1. The van der Waals surface area contributed by atoms with Crippen molar-refractivity contribution in [1.29, 1.82) is 0 Å². The van der Waals surface area contributed by atoms with Gasteiger partial charge in [0.1, 0.15) is 11.3 Å². The van der Waals surface area contributed by atoms with E-state index in [0.717, 1.165) is 0 Å². The van der Waals surface area contributed by atoms with E-state index in [-0.39, 0.29) is 0 Å². The predicted molar refractivity (Wildman–Crippen MR) is 77.2 cm³/mol. The van der Waals surface area contributed by atoms with Gasteiger partial charge in [0.15, 0.2) is 18.6 Å². The number of nitrogens with zero attached hydrogens (tertiary/aromatic N) is 2. The number of rotatable bonds is 4. The molecule has 1 amide bonds. The molecule has 0 saturated heterocycles. The Labute approximate surface area is 124 Å². The standard InChI is InChI=1S/C15H11N3O4/c19-14(18-13-3-1-2-6-16-13)8-21-15(20)10-4-5-12-11(7-10)17-9-22-12/h1-7,9H,8H2,(H,16,18,19). The van der Waals surface area contributed by atoms with Gasteiger partial charge in [-0.15, -0.1) is 0 Å². The lowest BCUT2D eigenvalue weighted by Gasteiger charge is -2.05. The molecule has 3 rings (SSSR count). The molecule has 0 radical (unpaired) electrons. The van der Waals surface area contributed by atoms with Gasteiger partial charge >= 0.3 is 5.97 Å². The predicted octanol–water partition coefficient (Wildman–Crippen LogP) is 2.02. The summed E-state index contributed by atoms with van der Waals surface area (Å²) in [6.45, 7) is -0.397. The number of hydrogen-bond acceptors (Lipinski definition) is 6. The third kappa shape index (κ3) is 3.09. The van der Waals surface area contributed by atoms with Crippen LogP contribution in [0.5, 0.6) is 0 Å². The first-order chi connectivity index (χ1) is 10.7. The molecular formula is C15H11N3O4. The van der Waals surface area contributed by atoms with Crippen LogP contribution in [-0.4, -0.2) is 28.5 Å². The van der Waals surface area contributed by atoms with E-state index in [2.05, 4.69) is 15.3 Å². The van der Waals surface area contributed by atoms with Gasteiger partial charge in [0.25, 0.3) is 5.91 Å². The molecule has 7 heteroatoms. The molecule has 0 atom stereocenters. The van der Waals surface area contributed by atoms with Crippen LogP contribution in [0.4, 0.5) is 5.82 Å². The number of aromatic nitrogens is 2. The number of pyridine rings is 1. The monoisotopic (exact) mass is 297 g/mol. The molecule has 0 aliphatic carbocycles. The van der Waals surface area contributed by atoms with Crippen LogP contribution in [0.1, 0.15) is 10.4 Å². The van der Waals surface area contributed by atoms with Gasteiger partial charge in [-0.2, -0.15) is 0 Å². The van der Waals surface area contributed by atoms with Gasteiger partial charge in [0, 0.05) is 6.20 Å². The Kier molecular flexibility index (Phi) is 3.78. The lowest BCUT2D eigenvalue weighted by Crippen LogP contribution is -2.21. The zero-order valence-corrected chi connectivity index (χ0v) is 11.4. The number of anilines is 1. The van der Waals surface area contributed by atoms with Crippen LogP contribution >= 0.6 is 0 Å². The summed E-state index contributed by atoms with van der Waals surface area (Å²) in [5, 5.41) is 2.52. The van der Waals surface area contributed by atoms with Gasteiger partial charge in [0.2, 0.25) is 0 Å². The maximum absolute atomic E-state index is 11.9. The highest BCUT2D eigenvalue weighted by molar-refractivity contribution is 5.96. The van der Waals surface area contributed by atoms with Crippen molar-refractivity contribution in [3.8, 4) is 0 Å². The number of esters is 1. The van der Waals surface area contributed by atoms with Crippen molar-refractivity contribution in [1.82, 2.24) is 9.97 Å². The van der Waals surface area contributed by atoms with E-state index in [1.807, 2.05) is 0 Å². The van der Waals surface area contributed by atoms with Crippen LogP contribution in [0.15, 0.2) is 53.4 Å². The van der Waals surface area contributed by atoms with E-state index in [9.17, 15) is 9.59 Å². The van der Waals surface area contributed by atoms with E-state index in [1.165, 1.54) is 12.5 Å². The Balaban J connectivity index is 1.58. The van der Waals surface area contributed by atoms with E-state index >= 15 is 0 Å². The molecule has 0 bridgehead atoms. The number of carbonyl (C=O) groups excluding carboxylic acids is 2. The summed E-state index contributed by atoms with van der Waals surface area (Å²) < 4.78 is 10.0. The lowest BCUT2D eigenvalue weighted by atomic mass is 10.2. The molecule has 0 spiro atoms. The first-order valence-corrected chi connectivity index (χ1v) is 6.43. The Hall–Kier alpha value is -3.22. The summed E-state index contributed by atoms with van der Waals surface area (Å²) in [5.74, 6) is -0.678. The molecule has 2 aromatic heterocycles. The van der Waals surface area contributed by atoms with Gasteiger partial charge in [0.05, 0.1) is 5.56 Å². The average Bonchev–Trinajstić information content (AvgIpc) is 3.01. The highest BCUT2D eigenvalue weighted by Gasteiger charge is 2.12. The van der Waals surface area contributed by atoms with Crippen molar-refractivity contribution in [2.45, 2.75) is 0 Å². The highest BCUT2D eigenvalue weighted by Crippen LogP contribution is 2.14. The zero-order chi connectivity index (χ0) is 15.4. The Morgan fingerprint density at radius 1 is 1.18 bits per heavy atom. The number of amides is 1. The summed E-state index contributed by atoms with van der Waals surface area (Å²) in [5.41, 5.74) is 1.42. The van der Waals surface area contributed by atoms with Crippen LogP contribution < -0.4 is 5.32 Å². The molecular weight excluding hydrogens is 286 g/mol. The van der Waals surface area contributed by atoms with Gasteiger partial charge in [-0.05, 0) is 30.3 Å². The Bertz CT molecular complexity index is 814. The third-order valence-corrected chi connectivity index (χ3v) is 2.83. The summed E-state index contributed by atoms with van der Waals surface area (Å²) >= 11 is 0. The van der Waals surface area contributed by atoms with Crippen LogP contribution in [0.25, 0.3) is 11.1 Å². The number of fused-ring (bicyclic) bond motifs is 1. The van der Waals surface area contributed by atoms with Crippen molar-refractivity contribution in [2.24, 2.45) is 0 Å². The van der Waals surface area contributed by atoms with Crippen molar-refractivity contribution < 1.29 is 18.7 Å². The van der Waals surface area contributed by atoms with E-state index < -0.39 is 18.5 Å². The molecule has 7 nitrogen and oxygen atoms in total. The lowest BCUT2D eigenvalue weighted by molar-refractivity contribution is -0.119. The Morgan fingerprint density at radius 3 is 2.91 bits per heavy atom. The number of nitrogens with one attached hydrogen (secondary N) is 1. The maximum atomic E-state index is 11.9. The Morgan fingerprint density at radius 2 is 2.09 bits per heavy atom. The van der Waals surface area contributed by atoms with Crippen LogP contribution in [0.3, 0.4) is 0 Å². The van der Waals surface area contributed by atoms with Gasteiger partial charge in [-0.3, -0.25) is 4.79 Å². The fourth-order valence-electron chi connectivity index (χ4n) is 1.81. The minimum atomic E-state index is -0.610. The van der Waals surface area contributed by atoms with E-state index in [0.29, 0.717) is 22.5 Å². The summed E-state index contributed by atoms with van der Waals surface area (Å²) in [4.78, 5) is 31.4. The number of ether oxygens (including phenoxy) is 1. The van der Waals surface area contributed by atoms with Crippen LogP contribution in [-0.2, 0) is 9.53 Å². The smallest absolute Gasteiger partial charge is 0.338 e. The van der Waals surface area contributed by atoms with E-state index in [1.54, 1.807) is 36.5 Å². The minimum absolute atomic E-state index is 0.298. The minimum Gasteiger partial charge on any atom is -0.452 e. The SMILES string of the molecule is O=C(COC(=O)c1ccc2ocnc2c1)Nc1ccccn1. The fraction of sp³-hybridized carbons (Fsp3) is 0.0667. The molecule has 1 N–H and O–H groups in total.